The van der Waals surface area contributed by atoms with E-state index in [0.717, 1.165) is 4.57 Å². The van der Waals surface area contributed by atoms with Crippen molar-refractivity contribution in [3.05, 3.63) is 32.6 Å². The van der Waals surface area contributed by atoms with Gasteiger partial charge in [0.25, 0.3) is 5.56 Å². The van der Waals surface area contributed by atoms with E-state index < -0.39 is 76.5 Å². The van der Waals surface area contributed by atoms with Crippen LogP contribution in [0.2, 0.25) is 0 Å². The van der Waals surface area contributed by atoms with Gasteiger partial charge in [-0.1, -0.05) is 0 Å². The van der Waals surface area contributed by atoms with Gasteiger partial charge in [-0.25, -0.2) is 13.9 Å². The Kier molecular flexibility index (Phi) is 9.14. The van der Waals surface area contributed by atoms with Crippen molar-refractivity contribution < 1.29 is 52.0 Å². The monoisotopic (exact) mass is 559 g/mol. The Morgan fingerprint density at radius 2 is 1.83 bits per heavy atom. The largest absolute Gasteiger partial charge is 0.483 e. The van der Waals surface area contributed by atoms with Crippen molar-refractivity contribution in [3.63, 3.8) is 0 Å². The molecule has 0 spiro atoms. The van der Waals surface area contributed by atoms with E-state index in [-0.39, 0.29) is 12.0 Å². The molecule has 0 amide bonds. The van der Waals surface area contributed by atoms with Crippen LogP contribution in [0.1, 0.15) is 31.6 Å². The molecule has 36 heavy (non-hydrogen) atoms. The third-order valence-electron chi connectivity index (χ3n) is 5.78. The van der Waals surface area contributed by atoms with Crippen LogP contribution in [0.3, 0.4) is 0 Å². The molecule has 9 atom stereocenters. The molecule has 0 radical (unpaired) electrons. The topological polar surface area (TPSA) is 219 Å². The summed E-state index contributed by atoms with van der Waals surface area (Å²) in [6, 6.07) is -0.483. The third kappa shape index (κ3) is 7.19. The summed E-state index contributed by atoms with van der Waals surface area (Å²) in [5.74, 6) is 0. The fourth-order valence-electron chi connectivity index (χ4n) is 3.94. The fourth-order valence-corrected chi connectivity index (χ4v) is 6.10. The number of nitrogens with zero attached hydrogens (tertiary/aromatic N) is 2. The zero-order valence-corrected chi connectivity index (χ0v) is 21.8. The Hall–Kier alpha value is -1.26. The van der Waals surface area contributed by atoms with Gasteiger partial charge in [0, 0.05) is 24.2 Å². The van der Waals surface area contributed by atoms with Gasteiger partial charge in [0.2, 0.25) is 0 Å². The third-order valence-corrected chi connectivity index (χ3v) is 8.38. The Morgan fingerprint density at radius 1 is 1.17 bits per heavy atom. The first kappa shape index (κ1) is 29.3. The van der Waals surface area contributed by atoms with Gasteiger partial charge in [-0.05, 0) is 34.4 Å². The van der Waals surface area contributed by atoms with Crippen molar-refractivity contribution >= 4 is 15.6 Å². The molecular formula is C18H31N3O13P2. The standard InChI is InChI=1S/C18H31N3O13P2/c1-9-7-21(18(25)19-16(9)24)14-6-12(22)13(32-14)8-30-35(26,27)34-36(28,29)33-17-15(23)11(20(3)4)5-10(2)31-17/h7,10-15,17,22-23H,5-6,8H2,1-4H3,(H,26,27)(H,28,29)(H,19,24,25)/t10-,11+,12-,13-,14-,15-,17?/m1/s1. The van der Waals surface area contributed by atoms with Gasteiger partial charge in [0.15, 0.2) is 6.29 Å². The molecule has 3 unspecified atom stereocenters. The van der Waals surface area contributed by atoms with Crippen molar-refractivity contribution in [3.8, 4) is 0 Å². The molecule has 2 fully saturated rings. The van der Waals surface area contributed by atoms with Gasteiger partial charge in [-0.15, -0.1) is 0 Å². The first-order valence-corrected chi connectivity index (χ1v) is 13.9. The lowest BCUT2D eigenvalue weighted by Crippen LogP contribution is -2.53. The van der Waals surface area contributed by atoms with Crippen LogP contribution < -0.4 is 11.2 Å². The number of hydrogen-bond donors (Lipinski definition) is 5. The molecule has 206 valence electrons. The average molecular weight is 559 g/mol. The van der Waals surface area contributed by atoms with Crippen LogP contribution in [0, 0.1) is 6.92 Å². The minimum atomic E-state index is -5.28. The Morgan fingerprint density at radius 3 is 2.47 bits per heavy atom. The predicted octanol–water partition coefficient (Wildman–Crippen LogP) is -0.830. The highest BCUT2D eigenvalue weighted by molar-refractivity contribution is 7.61. The number of aliphatic hydroxyl groups is 2. The number of phosphoric acid groups is 2. The summed E-state index contributed by atoms with van der Waals surface area (Å²) >= 11 is 0. The zero-order chi connectivity index (χ0) is 27.0. The molecule has 0 aromatic carbocycles. The van der Waals surface area contributed by atoms with Crippen LogP contribution in [-0.4, -0.2) is 91.9 Å². The van der Waals surface area contributed by atoms with Crippen molar-refractivity contribution in [2.45, 2.75) is 69.7 Å². The van der Waals surface area contributed by atoms with E-state index >= 15 is 0 Å². The van der Waals surface area contributed by atoms with Gasteiger partial charge in [-0.3, -0.25) is 23.4 Å². The highest BCUT2D eigenvalue weighted by atomic mass is 31.3. The normalized spacial score (nSPS) is 34.4. The molecule has 16 nitrogen and oxygen atoms in total. The van der Waals surface area contributed by atoms with Gasteiger partial charge in [0.1, 0.15) is 18.4 Å². The van der Waals surface area contributed by atoms with E-state index in [1.54, 1.807) is 25.9 Å². The summed E-state index contributed by atoms with van der Waals surface area (Å²) in [6.07, 6.45) is -5.40. The van der Waals surface area contributed by atoms with E-state index in [9.17, 15) is 38.7 Å². The molecule has 0 saturated carbocycles. The number of likely N-dealkylation sites (N-methyl/N-ethyl adjacent to an activating group) is 1. The lowest BCUT2D eigenvalue weighted by molar-refractivity contribution is -0.222. The second-order valence-corrected chi connectivity index (χ2v) is 11.9. The Labute approximate surface area is 205 Å². The summed E-state index contributed by atoms with van der Waals surface area (Å²) < 4.78 is 50.4. The van der Waals surface area contributed by atoms with Crippen LogP contribution in [0.25, 0.3) is 0 Å². The van der Waals surface area contributed by atoms with E-state index in [4.69, 9.17) is 18.5 Å². The van der Waals surface area contributed by atoms with Gasteiger partial charge in [-0.2, -0.15) is 4.31 Å². The number of nitrogens with one attached hydrogen (secondary N) is 1. The summed E-state index contributed by atoms with van der Waals surface area (Å²) in [7, 11) is -7.14. The highest BCUT2D eigenvalue weighted by Gasteiger charge is 2.45. The molecule has 0 bridgehead atoms. The Bertz CT molecular complexity index is 1140. The number of aromatic amines is 1. The summed E-state index contributed by atoms with van der Waals surface area (Å²) in [5.41, 5.74) is -1.14. The maximum Gasteiger partial charge on any atom is 0.483 e. The molecule has 2 saturated heterocycles. The number of H-pyrrole nitrogens is 1. The first-order chi connectivity index (χ1) is 16.6. The van der Waals surface area contributed by atoms with Crippen LogP contribution >= 0.6 is 15.6 Å². The number of aromatic nitrogens is 2. The molecular weight excluding hydrogens is 528 g/mol. The molecule has 3 rings (SSSR count). The number of hydrogen-bond acceptors (Lipinski definition) is 12. The summed E-state index contributed by atoms with van der Waals surface area (Å²) in [4.78, 5) is 47.3. The number of rotatable bonds is 9. The minimum absolute atomic E-state index is 0.111. The van der Waals surface area contributed by atoms with E-state index in [0.29, 0.717) is 6.42 Å². The first-order valence-electron chi connectivity index (χ1n) is 10.9. The molecule has 1 aromatic heterocycles. The van der Waals surface area contributed by atoms with Crippen LogP contribution in [0.15, 0.2) is 15.8 Å². The minimum Gasteiger partial charge on any atom is -0.390 e. The second-order valence-electron chi connectivity index (χ2n) is 8.90. The molecule has 2 aliphatic rings. The highest BCUT2D eigenvalue weighted by Crippen LogP contribution is 2.61. The van der Waals surface area contributed by atoms with E-state index in [2.05, 4.69) is 9.29 Å². The van der Waals surface area contributed by atoms with E-state index in [1.165, 1.54) is 13.1 Å². The maximum atomic E-state index is 12.4. The van der Waals surface area contributed by atoms with Crippen molar-refractivity contribution in [2.75, 3.05) is 20.7 Å². The quantitative estimate of drug-likeness (QED) is 0.233. The molecule has 5 N–H and O–H groups in total. The number of aliphatic hydroxyl groups excluding tert-OH is 2. The van der Waals surface area contributed by atoms with Crippen LogP contribution in [0.4, 0.5) is 0 Å². The number of ether oxygens (including phenoxy) is 2. The van der Waals surface area contributed by atoms with Gasteiger partial charge < -0.3 is 34.4 Å². The van der Waals surface area contributed by atoms with Crippen molar-refractivity contribution in [2.24, 2.45) is 0 Å². The zero-order valence-electron chi connectivity index (χ0n) is 20.0. The van der Waals surface area contributed by atoms with Gasteiger partial charge >= 0.3 is 21.3 Å². The fraction of sp³-hybridized carbons (Fsp3) is 0.778. The molecule has 2 aliphatic heterocycles. The lowest BCUT2D eigenvalue weighted by atomic mass is 9.99. The molecule has 3 heterocycles. The maximum absolute atomic E-state index is 12.4. The predicted molar refractivity (Wildman–Crippen MR) is 121 cm³/mol. The van der Waals surface area contributed by atoms with Crippen LogP contribution in [0.5, 0.6) is 0 Å². The van der Waals surface area contributed by atoms with E-state index in [1.807, 2.05) is 0 Å². The molecule has 18 heteroatoms. The average Bonchev–Trinajstić information content (AvgIpc) is 3.10. The second kappa shape index (κ2) is 11.2. The van der Waals surface area contributed by atoms with Crippen molar-refractivity contribution in [1.29, 1.82) is 0 Å². The smallest absolute Gasteiger partial charge is 0.390 e. The van der Waals surface area contributed by atoms with Gasteiger partial charge in [0.05, 0.1) is 18.8 Å². The van der Waals surface area contributed by atoms with Crippen LogP contribution in [-0.2, 0) is 32.0 Å². The molecule has 0 aliphatic carbocycles. The van der Waals surface area contributed by atoms with Crippen molar-refractivity contribution in [1.82, 2.24) is 14.5 Å². The molecule has 1 aromatic rings. The number of aryl methyl sites for hydroxylation is 1. The SMILES string of the molecule is Cc1cn([C@H]2C[C@@H](O)[C@@H](COP(=O)(O)OP(=O)(O)OC3O[C@H](C)C[C@H](N(C)C)[C@H]3O)O2)c(=O)[nH]c1=O. The lowest BCUT2D eigenvalue weighted by Gasteiger charge is -2.40. The Balaban J connectivity index is 1.59. The number of phosphoric ester groups is 2. The summed E-state index contributed by atoms with van der Waals surface area (Å²) in [6.45, 7) is 2.36. The summed E-state index contributed by atoms with van der Waals surface area (Å²) in [5, 5.41) is 20.6.